The number of fused-ring (bicyclic) bond motifs is 1. The van der Waals surface area contributed by atoms with Gasteiger partial charge in [-0.25, -0.2) is 12.7 Å². The number of carbonyl (C=O) groups is 3. The van der Waals surface area contributed by atoms with Crippen molar-refractivity contribution in [1.82, 2.24) is 14.5 Å². The van der Waals surface area contributed by atoms with Gasteiger partial charge in [-0.15, -0.1) is 0 Å². The molecule has 0 saturated heterocycles. The Labute approximate surface area is 216 Å². The molecule has 4 rings (SSSR count). The van der Waals surface area contributed by atoms with Crippen molar-refractivity contribution in [2.75, 3.05) is 6.54 Å². The molecule has 1 saturated carbocycles. The van der Waals surface area contributed by atoms with E-state index in [-0.39, 0.29) is 41.9 Å². The SMILES string of the molecule is CC(C(=O)NC1CCCCC1)N(Cc1cccc(Cl)c1)C(=O)CCN1C(=O)c2ccccc2S1(=O)=O. The predicted molar refractivity (Wildman–Crippen MR) is 136 cm³/mol. The lowest BCUT2D eigenvalue weighted by atomic mass is 9.95. The van der Waals surface area contributed by atoms with E-state index in [9.17, 15) is 22.8 Å². The highest BCUT2D eigenvalue weighted by Crippen LogP contribution is 2.30. The summed E-state index contributed by atoms with van der Waals surface area (Å²) in [5.41, 5.74) is 0.839. The molecule has 1 aliphatic carbocycles. The number of nitrogens with one attached hydrogen (secondary N) is 1. The van der Waals surface area contributed by atoms with E-state index in [1.54, 1.807) is 37.3 Å². The summed E-state index contributed by atoms with van der Waals surface area (Å²) in [6, 6.07) is 12.3. The molecule has 8 nitrogen and oxygen atoms in total. The molecule has 2 aromatic carbocycles. The van der Waals surface area contributed by atoms with E-state index in [2.05, 4.69) is 5.32 Å². The van der Waals surface area contributed by atoms with E-state index in [0.29, 0.717) is 5.02 Å². The van der Waals surface area contributed by atoms with Gasteiger partial charge >= 0.3 is 0 Å². The van der Waals surface area contributed by atoms with Gasteiger partial charge in [0, 0.05) is 30.6 Å². The predicted octanol–water partition coefficient (Wildman–Crippen LogP) is 3.74. The van der Waals surface area contributed by atoms with Crippen molar-refractivity contribution < 1.29 is 22.8 Å². The summed E-state index contributed by atoms with van der Waals surface area (Å²) in [7, 11) is -4.02. The maximum atomic E-state index is 13.4. The Morgan fingerprint density at radius 3 is 2.53 bits per heavy atom. The van der Waals surface area contributed by atoms with Gasteiger partial charge in [-0.2, -0.15) is 0 Å². The molecule has 0 spiro atoms. The Hall–Kier alpha value is -2.91. The first-order chi connectivity index (χ1) is 17.2. The van der Waals surface area contributed by atoms with Crippen LogP contribution >= 0.6 is 11.6 Å². The molecule has 36 heavy (non-hydrogen) atoms. The van der Waals surface area contributed by atoms with Crippen LogP contribution in [0.3, 0.4) is 0 Å². The van der Waals surface area contributed by atoms with Crippen molar-refractivity contribution in [2.45, 2.75) is 69.0 Å². The van der Waals surface area contributed by atoms with E-state index >= 15 is 0 Å². The van der Waals surface area contributed by atoms with Crippen LogP contribution in [0, 0.1) is 0 Å². The molecule has 192 valence electrons. The molecule has 1 atom stereocenters. The first-order valence-electron chi connectivity index (χ1n) is 12.2. The minimum Gasteiger partial charge on any atom is -0.352 e. The molecule has 0 bridgehead atoms. The van der Waals surface area contributed by atoms with Crippen molar-refractivity contribution in [1.29, 1.82) is 0 Å². The third kappa shape index (κ3) is 5.57. The highest BCUT2D eigenvalue weighted by atomic mass is 35.5. The largest absolute Gasteiger partial charge is 0.352 e. The number of carbonyl (C=O) groups excluding carboxylic acids is 3. The minimum atomic E-state index is -4.02. The summed E-state index contributed by atoms with van der Waals surface area (Å²) in [5, 5.41) is 3.57. The van der Waals surface area contributed by atoms with Crippen molar-refractivity contribution in [3.05, 3.63) is 64.7 Å². The zero-order valence-electron chi connectivity index (χ0n) is 20.2. The highest BCUT2D eigenvalue weighted by Gasteiger charge is 2.41. The smallest absolute Gasteiger partial charge is 0.269 e. The lowest BCUT2D eigenvalue weighted by Gasteiger charge is -2.31. The molecule has 1 N–H and O–H groups in total. The van der Waals surface area contributed by atoms with Gasteiger partial charge in [-0.1, -0.05) is 55.1 Å². The molecule has 0 radical (unpaired) electrons. The van der Waals surface area contributed by atoms with Crippen LogP contribution in [0.2, 0.25) is 5.02 Å². The van der Waals surface area contributed by atoms with Crippen molar-refractivity contribution >= 4 is 39.3 Å². The number of nitrogens with zero attached hydrogens (tertiary/aromatic N) is 2. The Bertz CT molecular complexity index is 1260. The number of benzene rings is 2. The molecule has 1 heterocycles. The van der Waals surface area contributed by atoms with Crippen LogP contribution < -0.4 is 5.32 Å². The number of sulfonamides is 1. The van der Waals surface area contributed by atoms with Crippen LogP contribution in [-0.4, -0.2) is 54.0 Å². The quantitative estimate of drug-likeness (QED) is 0.559. The van der Waals surface area contributed by atoms with E-state index in [4.69, 9.17) is 11.6 Å². The lowest BCUT2D eigenvalue weighted by molar-refractivity contribution is -0.141. The number of amides is 3. The fourth-order valence-electron chi connectivity index (χ4n) is 4.78. The van der Waals surface area contributed by atoms with Crippen LogP contribution in [-0.2, 0) is 26.2 Å². The maximum Gasteiger partial charge on any atom is 0.269 e. The van der Waals surface area contributed by atoms with Crippen molar-refractivity contribution in [3.63, 3.8) is 0 Å². The highest BCUT2D eigenvalue weighted by molar-refractivity contribution is 7.90. The maximum absolute atomic E-state index is 13.4. The number of hydrogen-bond acceptors (Lipinski definition) is 5. The Morgan fingerprint density at radius 1 is 1.11 bits per heavy atom. The Kier molecular flexibility index (Phi) is 8.00. The molecule has 1 fully saturated rings. The van der Waals surface area contributed by atoms with Gasteiger partial charge in [0.05, 0.1) is 5.56 Å². The van der Waals surface area contributed by atoms with Gasteiger partial charge in [0.1, 0.15) is 10.9 Å². The normalized spacial score (nSPS) is 17.9. The molecule has 1 unspecified atom stereocenters. The monoisotopic (exact) mass is 531 g/mol. The van der Waals surface area contributed by atoms with Gasteiger partial charge in [-0.05, 0) is 49.6 Å². The molecular weight excluding hydrogens is 502 g/mol. The summed E-state index contributed by atoms with van der Waals surface area (Å²) in [4.78, 5) is 40.6. The van der Waals surface area contributed by atoms with Crippen LogP contribution in [0.15, 0.2) is 53.4 Å². The molecule has 0 aromatic heterocycles. The summed E-state index contributed by atoms with van der Waals surface area (Å²) >= 11 is 6.12. The molecule has 3 amide bonds. The van der Waals surface area contributed by atoms with Crippen LogP contribution in [0.5, 0.6) is 0 Å². The van der Waals surface area contributed by atoms with E-state index in [1.165, 1.54) is 17.0 Å². The second-order valence-corrected chi connectivity index (χ2v) is 11.6. The first kappa shape index (κ1) is 26.2. The van der Waals surface area contributed by atoms with E-state index < -0.39 is 27.9 Å². The zero-order chi connectivity index (χ0) is 25.9. The number of halogens is 1. The standard InChI is InChI=1S/C26H30ClN3O5S/c1-18(25(32)28-21-10-3-2-4-11-21)29(17-19-8-7-9-20(27)16-19)24(31)14-15-30-26(33)22-12-5-6-13-23(22)36(30,34)35/h5-9,12-13,16,18,21H,2-4,10-11,14-15,17H2,1H3,(H,28,32). The first-order valence-corrected chi connectivity index (χ1v) is 14.0. The number of hydrogen-bond donors (Lipinski definition) is 1. The van der Waals surface area contributed by atoms with Gasteiger partial charge in [0.15, 0.2) is 0 Å². The van der Waals surface area contributed by atoms with Gasteiger partial charge in [-0.3, -0.25) is 14.4 Å². The summed E-state index contributed by atoms with van der Waals surface area (Å²) in [6.07, 6.45) is 4.85. The van der Waals surface area contributed by atoms with Crippen molar-refractivity contribution in [2.24, 2.45) is 0 Å². The summed E-state index contributed by atoms with van der Waals surface area (Å²) in [5.74, 6) is -1.34. The minimum absolute atomic E-state index is 0.0570. The van der Waals surface area contributed by atoms with Gasteiger partial charge in [0.2, 0.25) is 11.8 Å². The topological polar surface area (TPSA) is 104 Å². The second kappa shape index (κ2) is 11.0. The molecule has 1 aliphatic heterocycles. The average Bonchev–Trinajstić information content (AvgIpc) is 3.06. The van der Waals surface area contributed by atoms with Gasteiger partial charge in [0.25, 0.3) is 15.9 Å². The van der Waals surface area contributed by atoms with Crippen molar-refractivity contribution in [3.8, 4) is 0 Å². The van der Waals surface area contributed by atoms with E-state index in [0.717, 1.165) is 42.0 Å². The molecule has 2 aromatic rings. The molecule has 2 aliphatic rings. The average molecular weight is 532 g/mol. The third-order valence-corrected chi connectivity index (χ3v) is 8.88. The molecule has 10 heteroatoms. The lowest BCUT2D eigenvalue weighted by Crippen LogP contribution is -2.50. The van der Waals surface area contributed by atoms with Crippen LogP contribution in [0.4, 0.5) is 0 Å². The fraction of sp³-hybridized carbons (Fsp3) is 0.423. The van der Waals surface area contributed by atoms with Crippen LogP contribution in [0.1, 0.15) is 61.4 Å². The Morgan fingerprint density at radius 2 is 1.83 bits per heavy atom. The van der Waals surface area contributed by atoms with E-state index in [1.807, 2.05) is 6.07 Å². The Balaban J connectivity index is 1.50. The van der Waals surface area contributed by atoms with Crippen LogP contribution in [0.25, 0.3) is 0 Å². The third-order valence-electron chi connectivity index (χ3n) is 6.80. The summed E-state index contributed by atoms with van der Waals surface area (Å²) in [6.45, 7) is 1.48. The molecular formula is C26H30ClN3O5S. The number of rotatable bonds is 8. The fourth-order valence-corrected chi connectivity index (χ4v) is 6.56. The summed E-state index contributed by atoms with van der Waals surface area (Å²) < 4.78 is 26.5. The zero-order valence-corrected chi connectivity index (χ0v) is 21.7. The second-order valence-electron chi connectivity index (χ2n) is 9.30. The van der Waals surface area contributed by atoms with Gasteiger partial charge < -0.3 is 10.2 Å².